The molecular formula is C22H19N7O2. The van der Waals surface area contributed by atoms with Crippen molar-refractivity contribution in [2.75, 3.05) is 5.32 Å². The molecule has 0 aliphatic rings. The molecule has 0 saturated carbocycles. The minimum atomic E-state index is 0.181. The predicted molar refractivity (Wildman–Crippen MR) is 116 cm³/mol. The fourth-order valence-corrected chi connectivity index (χ4v) is 3.22. The van der Waals surface area contributed by atoms with Crippen molar-refractivity contribution in [1.29, 1.82) is 0 Å². The van der Waals surface area contributed by atoms with Crippen molar-refractivity contribution in [1.82, 2.24) is 29.7 Å². The number of anilines is 2. The third-order valence-electron chi connectivity index (χ3n) is 4.81. The van der Waals surface area contributed by atoms with Gasteiger partial charge in [-0.2, -0.15) is 0 Å². The Kier molecular flexibility index (Phi) is 4.55. The van der Waals surface area contributed by atoms with E-state index in [4.69, 9.17) is 9.51 Å². The van der Waals surface area contributed by atoms with Crippen molar-refractivity contribution < 1.29 is 9.63 Å². The van der Waals surface area contributed by atoms with Gasteiger partial charge in [0.15, 0.2) is 22.8 Å². The molecule has 1 aromatic carbocycles. The molecule has 0 saturated heterocycles. The van der Waals surface area contributed by atoms with Crippen LogP contribution in [-0.4, -0.2) is 34.8 Å². The van der Waals surface area contributed by atoms with Crippen LogP contribution in [0.1, 0.15) is 19.9 Å². The highest BCUT2D eigenvalue weighted by Crippen LogP contribution is 2.30. The standard InChI is InChI=1S/C22H19N7O2/c1-13(2)29-12-24-19-21(26-20(27-22(19)29)15-4-3-9-23-11-15)25-18-10-17(28-31-18)14-5-7-16(30)8-6-14/h3-13,30H,1-2H3,(H,25,26,27). The summed E-state index contributed by atoms with van der Waals surface area (Å²) in [5, 5.41) is 16.8. The Morgan fingerprint density at radius 3 is 2.65 bits per heavy atom. The van der Waals surface area contributed by atoms with Crippen molar-refractivity contribution in [2.45, 2.75) is 19.9 Å². The molecule has 9 nitrogen and oxygen atoms in total. The number of rotatable bonds is 5. The second kappa shape index (κ2) is 7.52. The summed E-state index contributed by atoms with van der Waals surface area (Å²) in [5.41, 5.74) is 3.59. The summed E-state index contributed by atoms with van der Waals surface area (Å²) >= 11 is 0. The van der Waals surface area contributed by atoms with Crippen LogP contribution in [0.5, 0.6) is 5.75 Å². The van der Waals surface area contributed by atoms with E-state index in [1.807, 2.05) is 16.7 Å². The molecule has 0 fully saturated rings. The lowest BCUT2D eigenvalue weighted by atomic mass is 10.1. The van der Waals surface area contributed by atoms with Gasteiger partial charge in [-0.05, 0) is 50.2 Å². The summed E-state index contributed by atoms with van der Waals surface area (Å²) in [7, 11) is 0. The highest BCUT2D eigenvalue weighted by atomic mass is 16.5. The van der Waals surface area contributed by atoms with E-state index < -0.39 is 0 Å². The van der Waals surface area contributed by atoms with Gasteiger partial charge in [-0.3, -0.25) is 4.98 Å². The molecule has 0 amide bonds. The number of hydrogen-bond acceptors (Lipinski definition) is 8. The summed E-state index contributed by atoms with van der Waals surface area (Å²) in [6.07, 6.45) is 5.18. The largest absolute Gasteiger partial charge is 0.508 e. The molecule has 0 atom stereocenters. The van der Waals surface area contributed by atoms with Gasteiger partial charge in [0.05, 0.1) is 6.33 Å². The number of phenolic OH excluding ortho intramolecular Hbond substituents is 1. The molecule has 5 rings (SSSR count). The summed E-state index contributed by atoms with van der Waals surface area (Å²) < 4.78 is 7.46. The zero-order valence-corrected chi connectivity index (χ0v) is 16.9. The smallest absolute Gasteiger partial charge is 0.230 e. The van der Waals surface area contributed by atoms with Gasteiger partial charge >= 0.3 is 0 Å². The molecular weight excluding hydrogens is 394 g/mol. The number of hydrogen-bond donors (Lipinski definition) is 2. The Hall–Kier alpha value is -4.27. The van der Waals surface area contributed by atoms with Gasteiger partial charge in [-0.1, -0.05) is 5.16 Å². The Labute approximate surface area is 177 Å². The predicted octanol–water partition coefficient (Wildman–Crippen LogP) is 4.57. The fraction of sp³-hybridized carbons (Fsp3) is 0.136. The molecule has 5 aromatic rings. The molecule has 31 heavy (non-hydrogen) atoms. The van der Waals surface area contributed by atoms with Crippen molar-refractivity contribution >= 4 is 22.9 Å². The van der Waals surface area contributed by atoms with Gasteiger partial charge in [0.2, 0.25) is 5.88 Å². The van der Waals surface area contributed by atoms with Crippen LogP contribution in [0, 0.1) is 0 Å². The van der Waals surface area contributed by atoms with Crippen molar-refractivity contribution in [3.05, 3.63) is 61.2 Å². The minimum absolute atomic E-state index is 0.181. The zero-order valence-electron chi connectivity index (χ0n) is 16.9. The fourth-order valence-electron chi connectivity index (χ4n) is 3.22. The maximum absolute atomic E-state index is 9.48. The quantitative estimate of drug-likeness (QED) is 0.430. The number of aromatic nitrogens is 6. The average Bonchev–Trinajstić information content (AvgIpc) is 3.42. The first-order valence-electron chi connectivity index (χ1n) is 9.76. The lowest BCUT2D eigenvalue weighted by Crippen LogP contribution is -2.03. The molecule has 0 unspecified atom stereocenters. The van der Waals surface area contributed by atoms with E-state index in [1.54, 1.807) is 49.1 Å². The van der Waals surface area contributed by atoms with Gasteiger partial charge in [-0.25, -0.2) is 15.0 Å². The molecule has 0 spiro atoms. The molecule has 154 valence electrons. The van der Waals surface area contributed by atoms with Gasteiger partial charge < -0.3 is 19.5 Å². The Balaban J connectivity index is 1.57. The zero-order chi connectivity index (χ0) is 21.4. The average molecular weight is 413 g/mol. The highest BCUT2D eigenvalue weighted by molar-refractivity contribution is 5.87. The molecule has 0 aliphatic heterocycles. The summed E-state index contributed by atoms with van der Waals surface area (Å²) in [6.45, 7) is 4.14. The highest BCUT2D eigenvalue weighted by Gasteiger charge is 2.17. The molecule has 0 radical (unpaired) electrons. The number of nitrogens with one attached hydrogen (secondary N) is 1. The molecule has 9 heteroatoms. The maximum Gasteiger partial charge on any atom is 0.230 e. The maximum atomic E-state index is 9.48. The van der Waals surface area contributed by atoms with Crippen LogP contribution in [0.2, 0.25) is 0 Å². The molecule has 4 heterocycles. The first-order chi connectivity index (χ1) is 15.1. The Morgan fingerprint density at radius 2 is 1.90 bits per heavy atom. The van der Waals surface area contributed by atoms with Crippen molar-refractivity contribution in [3.8, 4) is 28.4 Å². The normalized spacial score (nSPS) is 11.3. The molecule has 0 aliphatic carbocycles. The Bertz CT molecular complexity index is 1340. The topological polar surface area (TPSA) is 115 Å². The van der Waals surface area contributed by atoms with Crippen LogP contribution < -0.4 is 5.32 Å². The number of phenols is 1. The second-order valence-electron chi connectivity index (χ2n) is 7.30. The first-order valence-corrected chi connectivity index (χ1v) is 9.76. The van der Waals surface area contributed by atoms with Crippen LogP contribution in [0.3, 0.4) is 0 Å². The summed E-state index contributed by atoms with van der Waals surface area (Å²) in [5.74, 6) is 1.65. The Morgan fingerprint density at radius 1 is 1.06 bits per heavy atom. The van der Waals surface area contributed by atoms with Gasteiger partial charge in [0.1, 0.15) is 11.4 Å². The van der Waals surface area contributed by atoms with E-state index in [9.17, 15) is 5.11 Å². The van der Waals surface area contributed by atoms with E-state index in [-0.39, 0.29) is 11.8 Å². The molecule has 4 aromatic heterocycles. The summed E-state index contributed by atoms with van der Waals surface area (Å²) in [4.78, 5) is 18.1. The second-order valence-corrected chi connectivity index (χ2v) is 7.30. The molecule has 2 N–H and O–H groups in total. The van der Waals surface area contributed by atoms with E-state index in [2.05, 4.69) is 39.3 Å². The van der Waals surface area contributed by atoms with E-state index in [0.717, 1.165) is 11.1 Å². The number of nitrogens with zero attached hydrogens (tertiary/aromatic N) is 6. The van der Waals surface area contributed by atoms with Crippen molar-refractivity contribution in [3.63, 3.8) is 0 Å². The SMILES string of the molecule is CC(C)n1cnc2c(Nc3cc(-c4ccc(O)cc4)no3)nc(-c3cccnc3)nc21. The minimum Gasteiger partial charge on any atom is -0.508 e. The number of pyridine rings is 1. The first kappa shape index (κ1) is 18.7. The van der Waals surface area contributed by atoms with Crippen LogP contribution in [0.4, 0.5) is 11.7 Å². The van der Waals surface area contributed by atoms with E-state index in [0.29, 0.717) is 34.4 Å². The number of imidazole rings is 1. The number of fused-ring (bicyclic) bond motifs is 1. The van der Waals surface area contributed by atoms with Gasteiger partial charge in [-0.15, -0.1) is 0 Å². The number of aromatic hydroxyl groups is 1. The molecule has 0 bridgehead atoms. The lowest BCUT2D eigenvalue weighted by Gasteiger charge is -2.10. The van der Waals surface area contributed by atoms with E-state index in [1.165, 1.54) is 0 Å². The van der Waals surface area contributed by atoms with Crippen LogP contribution in [0.25, 0.3) is 33.8 Å². The van der Waals surface area contributed by atoms with Crippen LogP contribution in [0.15, 0.2) is 65.7 Å². The monoisotopic (exact) mass is 413 g/mol. The van der Waals surface area contributed by atoms with E-state index >= 15 is 0 Å². The van der Waals surface area contributed by atoms with Crippen LogP contribution in [-0.2, 0) is 0 Å². The van der Waals surface area contributed by atoms with Crippen LogP contribution >= 0.6 is 0 Å². The van der Waals surface area contributed by atoms with Gasteiger partial charge in [0.25, 0.3) is 0 Å². The lowest BCUT2D eigenvalue weighted by molar-refractivity contribution is 0.437. The number of benzene rings is 1. The summed E-state index contributed by atoms with van der Waals surface area (Å²) in [6, 6.07) is 12.4. The third kappa shape index (κ3) is 3.57. The van der Waals surface area contributed by atoms with Gasteiger partial charge in [0, 0.05) is 35.6 Å². The third-order valence-corrected chi connectivity index (χ3v) is 4.81. The van der Waals surface area contributed by atoms with Crippen molar-refractivity contribution in [2.24, 2.45) is 0 Å².